The number of benzene rings is 4. The highest BCUT2D eigenvalue weighted by Gasteiger charge is 2.28. The lowest BCUT2D eigenvalue weighted by Gasteiger charge is -2.19. The maximum absolute atomic E-state index is 12.4. The predicted octanol–water partition coefficient (Wildman–Crippen LogP) is 3.69. The van der Waals surface area contributed by atoms with E-state index >= 15 is 0 Å². The minimum atomic E-state index is -5.05. The lowest BCUT2D eigenvalue weighted by molar-refractivity contribution is -0.123. The van der Waals surface area contributed by atoms with Crippen molar-refractivity contribution in [2.75, 3.05) is 19.7 Å². The largest absolute Gasteiger partial charge is 0.483 e. The molecule has 4 N–H and O–H groups in total. The molecule has 0 unspecified atom stereocenters. The Kier molecular flexibility index (Phi) is 8.79. The Bertz CT molecular complexity index is 2020. The average molecular weight is 641 g/mol. The molecule has 0 heterocycles. The monoisotopic (exact) mass is 640 g/mol. The van der Waals surface area contributed by atoms with Crippen molar-refractivity contribution >= 4 is 68.6 Å². The zero-order valence-electron chi connectivity index (χ0n) is 21.6. The maximum atomic E-state index is 12.4. The summed E-state index contributed by atoms with van der Waals surface area (Å²) in [7, 11) is -15.0. The van der Waals surface area contributed by atoms with Crippen LogP contribution in [0.1, 0.15) is 25.7 Å². The van der Waals surface area contributed by atoms with E-state index in [2.05, 4.69) is 15.3 Å². The van der Waals surface area contributed by atoms with Crippen molar-refractivity contribution in [3.8, 4) is 5.75 Å². The molecule has 42 heavy (non-hydrogen) atoms. The van der Waals surface area contributed by atoms with Gasteiger partial charge < -0.3 is 10.1 Å². The third-order valence-corrected chi connectivity index (χ3v) is 9.19. The van der Waals surface area contributed by atoms with Crippen LogP contribution >= 0.6 is 0 Å². The molecule has 4 aromatic carbocycles. The van der Waals surface area contributed by atoms with E-state index in [9.17, 15) is 43.7 Å². The van der Waals surface area contributed by atoms with Crippen LogP contribution in [0, 0.1) is 0 Å². The van der Waals surface area contributed by atoms with Crippen molar-refractivity contribution in [1.82, 2.24) is 5.32 Å². The topological polar surface area (TPSA) is 250 Å². The molecule has 1 amide bonds. The summed E-state index contributed by atoms with van der Waals surface area (Å²) in [6.07, 6.45) is 2.92. The summed E-state index contributed by atoms with van der Waals surface area (Å²) < 4.78 is 109. The van der Waals surface area contributed by atoms with Gasteiger partial charge in [0.05, 0.1) is 0 Å². The second-order valence-electron chi connectivity index (χ2n) is 9.25. The molecule has 4 rings (SSSR count). The Balaban J connectivity index is 1.78. The van der Waals surface area contributed by atoms with Crippen LogP contribution in [0.15, 0.2) is 56.2 Å². The zero-order chi connectivity index (χ0) is 30.9. The predicted molar refractivity (Wildman–Crippen MR) is 151 cm³/mol. The van der Waals surface area contributed by atoms with E-state index in [1.807, 2.05) is 0 Å². The third-order valence-electron chi connectivity index (χ3n) is 6.51. The van der Waals surface area contributed by atoms with E-state index < -0.39 is 57.6 Å². The fourth-order valence-corrected chi connectivity index (χ4v) is 6.96. The molecule has 0 fully saturated rings. The van der Waals surface area contributed by atoms with Crippen LogP contribution < -0.4 is 10.1 Å². The van der Waals surface area contributed by atoms with Gasteiger partial charge in [-0.3, -0.25) is 18.5 Å². The fraction of sp³-hybridized carbons (Fsp3) is 0.292. The second-order valence-corrected chi connectivity index (χ2v) is 13.4. The smallest absolute Gasteiger partial charge is 0.295 e. The van der Waals surface area contributed by atoms with Crippen LogP contribution in [0.5, 0.6) is 5.75 Å². The number of nitrogens with zero attached hydrogens (tertiary/aromatic N) is 3. The van der Waals surface area contributed by atoms with Crippen molar-refractivity contribution in [3.63, 3.8) is 0 Å². The van der Waals surface area contributed by atoms with Gasteiger partial charge >= 0.3 is 0 Å². The van der Waals surface area contributed by atoms with E-state index in [1.54, 1.807) is 0 Å². The van der Waals surface area contributed by atoms with E-state index in [4.69, 9.17) is 10.3 Å². The summed E-state index contributed by atoms with van der Waals surface area (Å²) in [5.74, 6) is -0.756. The first-order valence-corrected chi connectivity index (χ1v) is 16.6. The van der Waals surface area contributed by atoms with Gasteiger partial charge in [-0.15, -0.1) is 0 Å². The van der Waals surface area contributed by atoms with Crippen molar-refractivity contribution in [3.05, 3.63) is 46.8 Å². The number of carbonyl (C=O) groups excluding carboxylic acids is 1. The number of azide groups is 1. The molecule has 15 nitrogen and oxygen atoms in total. The summed E-state index contributed by atoms with van der Waals surface area (Å²) in [6.45, 7) is 0.128. The molecular weight excluding hydrogens is 616 g/mol. The molecule has 0 atom stereocenters. The van der Waals surface area contributed by atoms with Crippen LogP contribution in [-0.2, 0) is 35.1 Å². The Morgan fingerprint density at radius 1 is 0.762 bits per heavy atom. The molecule has 0 radical (unpaired) electrons. The van der Waals surface area contributed by atoms with E-state index in [0.29, 0.717) is 32.0 Å². The first kappa shape index (κ1) is 31.2. The number of hydrogen-bond donors (Lipinski definition) is 4. The normalized spacial score (nSPS) is 12.5. The van der Waals surface area contributed by atoms with Crippen LogP contribution in [0.3, 0.4) is 0 Å². The molecule has 0 aromatic heterocycles. The average Bonchev–Trinajstić information content (AvgIpc) is 2.89. The van der Waals surface area contributed by atoms with E-state index in [0.717, 1.165) is 31.0 Å². The number of nitrogens with one attached hydrogen (secondary N) is 1. The van der Waals surface area contributed by atoms with Crippen LogP contribution in [0.25, 0.3) is 42.8 Å². The molecule has 0 bridgehead atoms. The molecule has 224 valence electrons. The van der Waals surface area contributed by atoms with E-state index in [-0.39, 0.29) is 38.1 Å². The molecule has 18 heteroatoms. The fourth-order valence-electron chi connectivity index (χ4n) is 4.75. The van der Waals surface area contributed by atoms with Gasteiger partial charge in [0, 0.05) is 56.4 Å². The second kappa shape index (κ2) is 11.8. The summed E-state index contributed by atoms with van der Waals surface area (Å²) in [4.78, 5) is 12.7. The summed E-state index contributed by atoms with van der Waals surface area (Å²) in [5, 5.41) is 5.44. The van der Waals surface area contributed by atoms with Gasteiger partial charge in [-0.2, -0.15) is 25.3 Å². The van der Waals surface area contributed by atoms with Gasteiger partial charge in [0.1, 0.15) is 20.4 Å². The molecule has 0 aliphatic heterocycles. The molecule has 0 aliphatic carbocycles. The minimum Gasteiger partial charge on any atom is -0.483 e. The Labute approximate surface area is 239 Å². The van der Waals surface area contributed by atoms with Gasteiger partial charge in [-0.1, -0.05) is 36.2 Å². The lowest BCUT2D eigenvalue weighted by Crippen LogP contribution is -2.29. The zero-order valence-corrected chi connectivity index (χ0v) is 24.0. The lowest BCUT2D eigenvalue weighted by atomic mass is 9.93. The van der Waals surface area contributed by atoms with Gasteiger partial charge in [-0.05, 0) is 30.5 Å². The SMILES string of the molecule is [N-]=[N+]=NCCCCCCNC(=O)COc1cc(S(=O)(=O)O)c2ccc3c(S(=O)(=O)O)cc(S(=O)(=O)O)c4ccc1c2c43. The summed E-state index contributed by atoms with van der Waals surface area (Å²) >= 11 is 0. The summed E-state index contributed by atoms with van der Waals surface area (Å²) in [6, 6.07) is 6.39. The first-order chi connectivity index (χ1) is 19.6. The molecule has 0 aliphatic rings. The Morgan fingerprint density at radius 3 is 1.76 bits per heavy atom. The number of ether oxygens (including phenoxy) is 1. The number of unbranched alkanes of at least 4 members (excludes halogenated alkanes) is 3. The quantitative estimate of drug-likeness (QED) is 0.0409. The van der Waals surface area contributed by atoms with Crippen LogP contribution in [-0.4, -0.2) is 64.5 Å². The molecule has 0 saturated heterocycles. The van der Waals surface area contributed by atoms with Crippen molar-refractivity contribution in [2.24, 2.45) is 5.11 Å². The van der Waals surface area contributed by atoms with Crippen molar-refractivity contribution in [2.45, 2.75) is 40.4 Å². The highest BCUT2D eigenvalue weighted by atomic mass is 32.2. The van der Waals surface area contributed by atoms with Gasteiger partial charge in [0.25, 0.3) is 36.3 Å². The number of hydrogen-bond acceptors (Lipinski definition) is 9. The third kappa shape index (κ3) is 6.49. The van der Waals surface area contributed by atoms with Gasteiger partial charge in [-0.25, -0.2) is 0 Å². The molecule has 0 saturated carbocycles. The van der Waals surface area contributed by atoms with Gasteiger partial charge in [0.2, 0.25) is 0 Å². The Morgan fingerprint density at radius 2 is 1.24 bits per heavy atom. The van der Waals surface area contributed by atoms with Crippen LogP contribution in [0.2, 0.25) is 0 Å². The molecular formula is C24H24N4O11S3. The van der Waals surface area contributed by atoms with Gasteiger partial charge in [0.15, 0.2) is 6.61 Å². The maximum Gasteiger partial charge on any atom is 0.295 e. The highest BCUT2D eigenvalue weighted by molar-refractivity contribution is 7.87. The Hall–Kier alpha value is -3.77. The van der Waals surface area contributed by atoms with Crippen LogP contribution in [0.4, 0.5) is 0 Å². The number of rotatable bonds is 13. The first-order valence-electron chi connectivity index (χ1n) is 12.3. The molecule has 4 aromatic rings. The van der Waals surface area contributed by atoms with Crippen molar-refractivity contribution in [1.29, 1.82) is 0 Å². The minimum absolute atomic E-state index is 0.0633. The number of carbonyl (C=O) groups is 1. The number of amides is 1. The van der Waals surface area contributed by atoms with E-state index in [1.165, 1.54) is 12.1 Å². The highest BCUT2D eigenvalue weighted by Crippen LogP contribution is 2.45. The standard InChI is InChI=1S/C24H24N4O11S3/c25-28-27-10-4-2-1-3-9-26-22(29)13-39-18-11-19(40(30,31)32)15-7-8-17-21(42(36,37)38)12-20(41(33,34)35)16-6-5-14(18)23(15)24(16)17/h5-8,11-12H,1-4,9-10,13H2,(H,26,29)(H,30,31,32)(H,33,34,35)(H,36,37,38). The molecule has 0 spiro atoms. The van der Waals surface area contributed by atoms with Crippen molar-refractivity contribution < 1.29 is 48.4 Å². The summed E-state index contributed by atoms with van der Waals surface area (Å²) in [5.41, 5.74) is 8.26.